The number of alkyl halides is 3. The van der Waals surface area contributed by atoms with Gasteiger partial charge >= 0.3 is 6.18 Å². The lowest BCUT2D eigenvalue weighted by Crippen LogP contribution is -2.29. The largest absolute Gasteiger partial charge is 0.416 e. The molecular weight excluding hydrogens is 349 g/mol. The molecule has 26 heavy (non-hydrogen) atoms. The lowest BCUT2D eigenvalue weighted by atomic mass is 10.0. The van der Waals surface area contributed by atoms with E-state index in [1.165, 1.54) is 49.4 Å². The van der Waals surface area contributed by atoms with E-state index in [-0.39, 0.29) is 23.6 Å². The molecule has 0 aromatic heterocycles. The Balaban J connectivity index is 2.02. The normalized spacial score (nSPS) is 12.3. The summed E-state index contributed by atoms with van der Waals surface area (Å²) in [5.74, 6) is -0.809. The number of hydrogen-bond acceptors (Lipinski definition) is 3. The second kappa shape index (κ2) is 8.01. The van der Waals surface area contributed by atoms with Gasteiger partial charge in [-0.05, 0) is 35.9 Å². The summed E-state index contributed by atoms with van der Waals surface area (Å²) in [6.45, 7) is 0.972. The molecule has 0 saturated heterocycles. The van der Waals surface area contributed by atoms with Gasteiger partial charge in [0.05, 0.1) is 11.7 Å². The molecule has 2 aromatic carbocycles. The summed E-state index contributed by atoms with van der Waals surface area (Å²) in [7, 11) is 0. The van der Waals surface area contributed by atoms with E-state index in [1.54, 1.807) is 0 Å². The minimum Gasteiger partial charge on any atom is -0.387 e. The summed E-state index contributed by atoms with van der Waals surface area (Å²) in [5, 5.41) is 15.0. The summed E-state index contributed by atoms with van der Waals surface area (Å²) in [6, 6.07) is 10.6. The SMILES string of the molecule is CC(=O)Nc1ccc(C(=O)NC[C@@H](O)c2ccccc2C(F)(F)F)cc1. The van der Waals surface area contributed by atoms with Crippen molar-refractivity contribution in [2.45, 2.75) is 19.2 Å². The summed E-state index contributed by atoms with van der Waals surface area (Å²) in [4.78, 5) is 23.0. The number of carbonyl (C=O) groups excluding carboxylic acids is 2. The Morgan fingerprint density at radius 1 is 1.08 bits per heavy atom. The fourth-order valence-electron chi connectivity index (χ4n) is 2.36. The first kappa shape index (κ1) is 19.5. The molecule has 2 rings (SSSR count). The van der Waals surface area contributed by atoms with Gasteiger partial charge in [-0.15, -0.1) is 0 Å². The van der Waals surface area contributed by atoms with E-state index < -0.39 is 23.8 Å². The van der Waals surface area contributed by atoms with E-state index in [9.17, 15) is 27.9 Å². The monoisotopic (exact) mass is 366 g/mol. The van der Waals surface area contributed by atoms with E-state index in [0.717, 1.165) is 6.07 Å². The fraction of sp³-hybridized carbons (Fsp3) is 0.222. The van der Waals surface area contributed by atoms with Crippen molar-refractivity contribution in [1.82, 2.24) is 5.32 Å². The zero-order chi connectivity index (χ0) is 19.3. The predicted octanol–water partition coefficient (Wildman–Crippen LogP) is 3.13. The van der Waals surface area contributed by atoms with E-state index in [4.69, 9.17) is 0 Å². The minimum atomic E-state index is -4.60. The van der Waals surface area contributed by atoms with Gasteiger partial charge in [0.25, 0.3) is 5.91 Å². The highest BCUT2D eigenvalue weighted by atomic mass is 19.4. The number of hydrogen-bond donors (Lipinski definition) is 3. The van der Waals surface area contributed by atoms with E-state index in [0.29, 0.717) is 5.69 Å². The van der Waals surface area contributed by atoms with Crippen LogP contribution in [-0.2, 0) is 11.0 Å². The third-order valence-electron chi connectivity index (χ3n) is 3.55. The Morgan fingerprint density at radius 2 is 1.69 bits per heavy atom. The van der Waals surface area contributed by atoms with Crippen LogP contribution in [0.5, 0.6) is 0 Å². The maximum Gasteiger partial charge on any atom is 0.416 e. The summed E-state index contributed by atoms with van der Waals surface area (Å²) < 4.78 is 38.9. The lowest BCUT2D eigenvalue weighted by Gasteiger charge is -2.18. The summed E-state index contributed by atoms with van der Waals surface area (Å²) in [6.07, 6.45) is -6.10. The Hall–Kier alpha value is -2.87. The Morgan fingerprint density at radius 3 is 2.27 bits per heavy atom. The molecule has 8 heteroatoms. The van der Waals surface area contributed by atoms with Gasteiger partial charge in [-0.3, -0.25) is 9.59 Å². The van der Waals surface area contributed by atoms with Crippen molar-refractivity contribution in [2.75, 3.05) is 11.9 Å². The molecular formula is C18H17F3N2O3. The van der Waals surface area contributed by atoms with Crippen LogP contribution in [0.3, 0.4) is 0 Å². The van der Waals surface area contributed by atoms with Crippen LogP contribution in [0.4, 0.5) is 18.9 Å². The van der Waals surface area contributed by atoms with Crippen LogP contribution in [0, 0.1) is 0 Å². The molecule has 0 unspecified atom stereocenters. The van der Waals surface area contributed by atoms with Crippen LogP contribution in [0.2, 0.25) is 0 Å². The van der Waals surface area contributed by atoms with Crippen LogP contribution in [0.15, 0.2) is 48.5 Å². The third kappa shape index (κ3) is 5.06. The number of rotatable bonds is 5. The van der Waals surface area contributed by atoms with E-state index in [1.807, 2.05) is 0 Å². The Labute approximate surface area is 147 Å². The average Bonchev–Trinajstić information content (AvgIpc) is 2.58. The van der Waals surface area contributed by atoms with Gasteiger partial charge in [0, 0.05) is 24.7 Å². The molecule has 138 valence electrons. The minimum absolute atomic E-state index is 0.246. The van der Waals surface area contributed by atoms with Crippen LogP contribution < -0.4 is 10.6 Å². The molecule has 0 radical (unpaired) electrons. The van der Waals surface area contributed by atoms with Crippen LogP contribution in [-0.4, -0.2) is 23.5 Å². The molecule has 2 aromatic rings. The van der Waals surface area contributed by atoms with Crippen molar-refractivity contribution >= 4 is 17.5 Å². The number of nitrogens with one attached hydrogen (secondary N) is 2. The molecule has 5 nitrogen and oxygen atoms in total. The first-order valence-electron chi connectivity index (χ1n) is 7.68. The molecule has 0 aliphatic carbocycles. The number of aliphatic hydroxyl groups excluding tert-OH is 1. The van der Waals surface area contributed by atoms with E-state index >= 15 is 0 Å². The first-order valence-corrected chi connectivity index (χ1v) is 7.68. The highest BCUT2D eigenvalue weighted by Gasteiger charge is 2.34. The number of carbonyl (C=O) groups is 2. The van der Waals surface area contributed by atoms with Crippen LogP contribution >= 0.6 is 0 Å². The molecule has 0 spiro atoms. The average molecular weight is 366 g/mol. The highest BCUT2D eigenvalue weighted by molar-refractivity contribution is 5.95. The van der Waals surface area contributed by atoms with Crippen LogP contribution in [0.1, 0.15) is 34.5 Å². The molecule has 3 N–H and O–H groups in total. The second-order valence-electron chi connectivity index (χ2n) is 5.57. The van der Waals surface area contributed by atoms with Crippen molar-refractivity contribution in [3.63, 3.8) is 0 Å². The molecule has 0 saturated carbocycles. The zero-order valence-electron chi connectivity index (χ0n) is 13.8. The number of amides is 2. The lowest BCUT2D eigenvalue weighted by molar-refractivity contribution is -0.139. The van der Waals surface area contributed by atoms with Gasteiger partial charge in [-0.25, -0.2) is 0 Å². The van der Waals surface area contributed by atoms with Crippen molar-refractivity contribution in [3.8, 4) is 0 Å². The van der Waals surface area contributed by atoms with Gasteiger partial charge in [-0.1, -0.05) is 18.2 Å². The predicted molar refractivity (Wildman–Crippen MR) is 89.5 cm³/mol. The number of aliphatic hydroxyl groups is 1. The van der Waals surface area contributed by atoms with Gasteiger partial charge in [0.1, 0.15) is 0 Å². The Kier molecular flexibility index (Phi) is 5.99. The van der Waals surface area contributed by atoms with Gasteiger partial charge in [-0.2, -0.15) is 13.2 Å². The topological polar surface area (TPSA) is 78.4 Å². The second-order valence-corrected chi connectivity index (χ2v) is 5.57. The number of halogens is 3. The summed E-state index contributed by atoms with van der Waals surface area (Å²) >= 11 is 0. The van der Waals surface area contributed by atoms with E-state index in [2.05, 4.69) is 10.6 Å². The molecule has 0 aliphatic rings. The maximum absolute atomic E-state index is 13.0. The molecule has 1 atom stereocenters. The van der Waals surface area contributed by atoms with Gasteiger partial charge in [0.15, 0.2) is 0 Å². The fourth-order valence-corrected chi connectivity index (χ4v) is 2.36. The quantitative estimate of drug-likeness (QED) is 0.761. The van der Waals surface area contributed by atoms with Crippen molar-refractivity contribution < 1.29 is 27.9 Å². The summed E-state index contributed by atoms with van der Waals surface area (Å²) in [5.41, 5.74) is -0.494. The van der Waals surface area contributed by atoms with Crippen LogP contribution in [0.25, 0.3) is 0 Å². The van der Waals surface area contributed by atoms with Gasteiger partial charge < -0.3 is 15.7 Å². The van der Waals surface area contributed by atoms with Crippen molar-refractivity contribution in [3.05, 3.63) is 65.2 Å². The Bertz CT molecular complexity index is 789. The standard InChI is InChI=1S/C18H17F3N2O3/c1-11(24)23-13-8-6-12(7-9-13)17(26)22-10-16(25)14-4-2-3-5-15(14)18(19,20)21/h2-9,16,25H,10H2,1H3,(H,22,26)(H,23,24)/t16-/m1/s1. The maximum atomic E-state index is 13.0. The number of anilines is 1. The molecule has 0 bridgehead atoms. The molecule has 0 heterocycles. The van der Waals surface area contributed by atoms with Crippen molar-refractivity contribution in [1.29, 1.82) is 0 Å². The highest BCUT2D eigenvalue weighted by Crippen LogP contribution is 2.34. The third-order valence-corrected chi connectivity index (χ3v) is 3.55. The number of benzene rings is 2. The first-order chi connectivity index (χ1) is 12.2. The molecule has 0 fully saturated rings. The molecule has 0 aliphatic heterocycles. The van der Waals surface area contributed by atoms with Crippen molar-refractivity contribution in [2.24, 2.45) is 0 Å². The molecule has 2 amide bonds. The van der Waals surface area contributed by atoms with Gasteiger partial charge in [0.2, 0.25) is 5.91 Å². The smallest absolute Gasteiger partial charge is 0.387 e. The zero-order valence-corrected chi connectivity index (χ0v) is 13.8.